The van der Waals surface area contributed by atoms with Crippen molar-refractivity contribution in [3.05, 3.63) is 41.2 Å². The van der Waals surface area contributed by atoms with Crippen molar-refractivity contribution < 1.29 is 13.2 Å². The molecule has 0 amide bonds. The lowest BCUT2D eigenvalue weighted by molar-refractivity contribution is -0.142. The first-order valence-electron chi connectivity index (χ1n) is 8.80. The number of likely N-dealkylation sites (tertiary alicyclic amines) is 1. The van der Waals surface area contributed by atoms with Gasteiger partial charge in [-0.3, -0.25) is 9.58 Å². The van der Waals surface area contributed by atoms with Gasteiger partial charge in [-0.1, -0.05) is 0 Å². The second kappa shape index (κ2) is 6.59. The second-order valence-electron chi connectivity index (χ2n) is 7.02. The van der Waals surface area contributed by atoms with Crippen LogP contribution in [0.4, 0.5) is 13.2 Å². The Morgan fingerprint density at radius 3 is 2.81 bits per heavy atom. The maximum absolute atomic E-state index is 13.4. The highest BCUT2D eigenvalue weighted by molar-refractivity contribution is 5.33. The van der Waals surface area contributed by atoms with Gasteiger partial charge in [-0.2, -0.15) is 32.9 Å². The Labute approximate surface area is 153 Å². The number of hydrogen-bond acceptors (Lipinski definition) is 5. The molecule has 144 valence electrons. The quantitative estimate of drug-likeness (QED) is 0.700. The lowest BCUT2D eigenvalue weighted by Gasteiger charge is -2.32. The molecule has 7 nitrogen and oxygen atoms in total. The average molecular weight is 379 g/mol. The highest BCUT2D eigenvalue weighted by atomic mass is 19.4. The zero-order valence-corrected chi connectivity index (χ0v) is 15.1. The molecule has 0 spiro atoms. The zero-order valence-electron chi connectivity index (χ0n) is 15.1. The van der Waals surface area contributed by atoms with Gasteiger partial charge in [0.15, 0.2) is 5.69 Å². The SMILES string of the molecule is Cc1nn(C)cc1CN1CCCC(c2cc(C(F)(F)F)n3ncnc3n2)C1. The summed E-state index contributed by atoms with van der Waals surface area (Å²) < 4.78 is 42.8. The predicted molar refractivity (Wildman–Crippen MR) is 91.0 cm³/mol. The zero-order chi connectivity index (χ0) is 19.2. The van der Waals surface area contributed by atoms with Crippen LogP contribution < -0.4 is 0 Å². The minimum Gasteiger partial charge on any atom is -0.298 e. The molecule has 4 heterocycles. The number of aryl methyl sites for hydroxylation is 2. The fraction of sp³-hybridized carbons (Fsp3) is 0.529. The van der Waals surface area contributed by atoms with E-state index in [1.165, 1.54) is 0 Å². The fourth-order valence-corrected chi connectivity index (χ4v) is 3.73. The third kappa shape index (κ3) is 3.53. The van der Waals surface area contributed by atoms with Crippen LogP contribution in [-0.4, -0.2) is 47.4 Å². The summed E-state index contributed by atoms with van der Waals surface area (Å²) in [6.07, 6.45) is 0.285. The molecule has 1 atom stereocenters. The van der Waals surface area contributed by atoms with Crippen LogP contribution in [0.15, 0.2) is 18.6 Å². The van der Waals surface area contributed by atoms with E-state index in [1.54, 1.807) is 4.68 Å². The first kappa shape index (κ1) is 17.9. The molecular weight excluding hydrogens is 359 g/mol. The fourth-order valence-electron chi connectivity index (χ4n) is 3.73. The van der Waals surface area contributed by atoms with Crippen LogP contribution in [0.2, 0.25) is 0 Å². The van der Waals surface area contributed by atoms with Gasteiger partial charge in [0, 0.05) is 37.8 Å². The van der Waals surface area contributed by atoms with Gasteiger partial charge >= 0.3 is 6.18 Å². The van der Waals surface area contributed by atoms with Gasteiger partial charge < -0.3 is 0 Å². The Morgan fingerprint density at radius 1 is 1.30 bits per heavy atom. The second-order valence-corrected chi connectivity index (χ2v) is 7.02. The van der Waals surface area contributed by atoms with Gasteiger partial charge in [0.2, 0.25) is 0 Å². The molecule has 3 aromatic rings. The van der Waals surface area contributed by atoms with Crippen LogP contribution in [0.5, 0.6) is 0 Å². The number of fused-ring (bicyclic) bond motifs is 1. The molecule has 10 heteroatoms. The molecule has 0 radical (unpaired) electrons. The van der Waals surface area contributed by atoms with Crippen LogP contribution in [0.25, 0.3) is 5.78 Å². The van der Waals surface area contributed by atoms with Crippen molar-refractivity contribution in [2.45, 2.75) is 38.4 Å². The van der Waals surface area contributed by atoms with Crippen LogP contribution in [0.1, 0.15) is 41.4 Å². The lowest BCUT2D eigenvalue weighted by atomic mass is 9.93. The minimum absolute atomic E-state index is 0.0138. The Morgan fingerprint density at radius 2 is 2.11 bits per heavy atom. The highest BCUT2D eigenvalue weighted by Gasteiger charge is 2.36. The van der Waals surface area contributed by atoms with Crippen molar-refractivity contribution in [2.75, 3.05) is 13.1 Å². The molecule has 1 aliphatic heterocycles. The van der Waals surface area contributed by atoms with Crippen LogP contribution in [-0.2, 0) is 19.8 Å². The van der Waals surface area contributed by atoms with Crippen molar-refractivity contribution >= 4 is 5.78 Å². The number of halogens is 3. The molecule has 0 N–H and O–H groups in total. The van der Waals surface area contributed by atoms with Gasteiger partial charge in [-0.15, -0.1) is 0 Å². The maximum Gasteiger partial charge on any atom is 0.433 e. The largest absolute Gasteiger partial charge is 0.433 e. The van der Waals surface area contributed by atoms with E-state index < -0.39 is 11.9 Å². The van der Waals surface area contributed by atoms with Crippen LogP contribution in [0, 0.1) is 6.92 Å². The molecule has 0 saturated carbocycles. The molecule has 0 aliphatic carbocycles. The monoisotopic (exact) mass is 379 g/mol. The van der Waals surface area contributed by atoms with Crippen molar-refractivity contribution in [2.24, 2.45) is 7.05 Å². The summed E-state index contributed by atoms with van der Waals surface area (Å²) in [5, 5.41) is 8.01. The van der Waals surface area contributed by atoms with Crippen LogP contribution >= 0.6 is 0 Å². The molecular formula is C17H20F3N7. The molecule has 0 bridgehead atoms. The topological polar surface area (TPSA) is 64.1 Å². The summed E-state index contributed by atoms with van der Waals surface area (Å²) in [6.45, 7) is 4.26. The van der Waals surface area contributed by atoms with E-state index in [1.807, 2.05) is 20.2 Å². The molecule has 1 aliphatic rings. The Balaban J connectivity index is 1.60. The first-order chi connectivity index (χ1) is 12.8. The van der Waals surface area contributed by atoms with Crippen molar-refractivity contribution in [1.29, 1.82) is 0 Å². The Hall–Kier alpha value is -2.49. The lowest BCUT2D eigenvalue weighted by Crippen LogP contribution is -2.34. The standard InChI is InChI=1S/C17H20F3N7/c1-11-13(7-25(2)24-11)9-26-5-3-4-12(8-26)14-6-15(17(18,19)20)27-16(23-14)21-10-22-27/h6-7,10,12H,3-5,8-9H2,1-2H3. The summed E-state index contributed by atoms with van der Waals surface area (Å²) >= 11 is 0. The van der Waals surface area contributed by atoms with E-state index in [0.29, 0.717) is 12.2 Å². The van der Waals surface area contributed by atoms with E-state index in [0.717, 1.165) is 54.1 Å². The highest BCUT2D eigenvalue weighted by Crippen LogP contribution is 2.33. The number of nitrogens with zero attached hydrogens (tertiary/aromatic N) is 7. The Kier molecular flexibility index (Phi) is 4.37. The summed E-state index contributed by atoms with van der Waals surface area (Å²) in [5.74, 6) is -0.0846. The average Bonchev–Trinajstić information content (AvgIpc) is 3.19. The van der Waals surface area contributed by atoms with Gasteiger partial charge in [0.1, 0.15) is 6.33 Å². The minimum atomic E-state index is -4.51. The third-order valence-electron chi connectivity index (χ3n) is 4.99. The third-order valence-corrected chi connectivity index (χ3v) is 4.99. The van der Waals surface area contributed by atoms with Crippen LogP contribution in [0.3, 0.4) is 0 Å². The molecule has 1 saturated heterocycles. The maximum atomic E-state index is 13.4. The van der Waals surface area contributed by atoms with Gasteiger partial charge in [0.25, 0.3) is 5.78 Å². The van der Waals surface area contributed by atoms with Gasteiger partial charge in [0.05, 0.1) is 11.4 Å². The van der Waals surface area contributed by atoms with E-state index in [9.17, 15) is 13.2 Å². The number of rotatable bonds is 3. The molecule has 0 aromatic carbocycles. The smallest absolute Gasteiger partial charge is 0.298 e. The Bertz CT molecular complexity index is 959. The van der Waals surface area contributed by atoms with Gasteiger partial charge in [-0.05, 0) is 32.4 Å². The van der Waals surface area contributed by atoms with Crippen molar-refractivity contribution in [1.82, 2.24) is 34.3 Å². The number of hydrogen-bond donors (Lipinski definition) is 0. The molecule has 4 rings (SSSR count). The number of piperidine rings is 1. The molecule has 3 aromatic heterocycles. The molecule has 1 fully saturated rings. The summed E-state index contributed by atoms with van der Waals surface area (Å²) in [6, 6.07) is 1.12. The first-order valence-corrected chi connectivity index (χ1v) is 8.80. The van der Waals surface area contributed by atoms with Crippen molar-refractivity contribution in [3.8, 4) is 0 Å². The summed E-state index contributed by atoms with van der Waals surface area (Å²) in [7, 11) is 1.88. The molecule has 1 unspecified atom stereocenters. The number of alkyl halides is 3. The van der Waals surface area contributed by atoms with E-state index in [4.69, 9.17) is 0 Å². The van der Waals surface area contributed by atoms with E-state index in [-0.39, 0.29) is 11.7 Å². The summed E-state index contributed by atoms with van der Waals surface area (Å²) in [4.78, 5) is 10.5. The van der Waals surface area contributed by atoms with E-state index >= 15 is 0 Å². The number of aromatic nitrogens is 6. The van der Waals surface area contributed by atoms with Crippen molar-refractivity contribution in [3.63, 3.8) is 0 Å². The normalized spacial score (nSPS) is 19.1. The molecule has 27 heavy (non-hydrogen) atoms. The van der Waals surface area contributed by atoms with E-state index in [2.05, 4.69) is 25.1 Å². The van der Waals surface area contributed by atoms with Gasteiger partial charge in [-0.25, -0.2) is 4.98 Å². The summed E-state index contributed by atoms with van der Waals surface area (Å²) in [5.41, 5.74) is 1.70. The predicted octanol–water partition coefficient (Wildman–Crippen LogP) is 2.56.